The second kappa shape index (κ2) is 6.23. The number of carbonyl (C=O) groups excluding carboxylic acids is 1. The maximum absolute atomic E-state index is 10.9. The average Bonchev–Trinajstić information content (AvgIpc) is 2.02. The highest BCUT2D eigenvalue weighted by atomic mass is 16.5. The van der Waals surface area contributed by atoms with Crippen LogP contribution in [0.5, 0.6) is 0 Å². The second-order valence-corrected chi connectivity index (χ2v) is 3.39. The molecule has 0 bridgehead atoms. The summed E-state index contributed by atoms with van der Waals surface area (Å²) in [6.07, 6.45) is -0.283. The topological polar surface area (TPSA) is 75.6 Å². The molecule has 5 nitrogen and oxygen atoms in total. The van der Waals surface area contributed by atoms with E-state index in [1.165, 1.54) is 0 Å². The van der Waals surface area contributed by atoms with E-state index in [2.05, 4.69) is 10.1 Å². The number of carbonyl (C=O) groups is 2. The van der Waals surface area contributed by atoms with Gasteiger partial charge in [0, 0.05) is 0 Å². The van der Waals surface area contributed by atoms with Crippen LogP contribution in [0.3, 0.4) is 0 Å². The molecule has 0 aromatic carbocycles. The van der Waals surface area contributed by atoms with Crippen molar-refractivity contribution < 1.29 is 19.4 Å². The van der Waals surface area contributed by atoms with Gasteiger partial charge in [0.05, 0.1) is 6.61 Å². The zero-order valence-corrected chi connectivity index (χ0v) is 8.74. The van der Waals surface area contributed by atoms with Crippen molar-refractivity contribution in [3.05, 3.63) is 0 Å². The molecule has 5 heteroatoms. The summed E-state index contributed by atoms with van der Waals surface area (Å²) in [5, 5.41) is 11.1. The van der Waals surface area contributed by atoms with Crippen LogP contribution in [-0.4, -0.2) is 29.8 Å². The summed E-state index contributed by atoms with van der Waals surface area (Å²) in [4.78, 5) is 21.6. The van der Waals surface area contributed by atoms with Gasteiger partial charge in [0.1, 0.15) is 6.04 Å². The zero-order chi connectivity index (χ0) is 11.1. The molecule has 0 aromatic rings. The van der Waals surface area contributed by atoms with Gasteiger partial charge in [-0.05, 0) is 19.3 Å². The minimum atomic E-state index is -1.04. The summed E-state index contributed by atoms with van der Waals surface area (Å²) in [5.41, 5.74) is 0. The van der Waals surface area contributed by atoms with Crippen LogP contribution in [0, 0.1) is 5.92 Å². The normalized spacial score (nSPS) is 12.3. The van der Waals surface area contributed by atoms with Crippen molar-refractivity contribution in [2.75, 3.05) is 6.61 Å². The number of hydrogen-bond donors (Lipinski definition) is 2. The van der Waals surface area contributed by atoms with Crippen molar-refractivity contribution >= 4 is 12.1 Å². The molecule has 0 aliphatic carbocycles. The SMILES string of the molecule is CCOC(=O)N[C@@H](CC(C)C)C(=O)O. The van der Waals surface area contributed by atoms with Gasteiger partial charge in [0.15, 0.2) is 0 Å². The van der Waals surface area contributed by atoms with Crippen LogP contribution >= 0.6 is 0 Å². The Kier molecular flexibility index (Phi) is 5.67. The van der Waals surface area contributed by atoms with Crippen LogP contribution in [0.2, 0.25) is 0 Å². The summed E-state index contributed by atoms with van der Waals surface area (Å²) >= 11 is 0. The average molecular weight is 203 g/mol. The van der Waals surface area contributed by atoms with Gasteiger partial charge in [0.2, 0.25) is 0 Å². The molecule has 0 radical (unpaired) electrons. The molecule has 0 rings (SSSR count). The highest BCUT2D eigenvalue weighted by Crippen LogP contribution is 2.04. The molecule has 1 atom stereocenters. The molecule has 0 aliphatic rings. The van der Waals surface area contributed by atoms with Gasteiger partial charge >= 0.3 is 12.1 Å². The molecule has 0 aromatic heterocycles. The Labute approximate surface area is 83.4 Å². The number of hydrogen-bond acceptors (Lipinski definition) is 3. The van der Waals surface area contributed by atoms with Gasteiger partial charge < -0.3 is 15.2 Å². The first-order valence-corrected chi connectivity index (χ1v) is 4.63. The fourth-order valence-electron chi connectivity index (χ4n) is 1.01. The molecule has 0 heterocycles. The standard InChI is InChI=1S/C9H17NO4/c1-4-14-9(13)10-7(8(11)12)5-6(2)3/h6-7H,4-5H2,1-3H3,(H,10,13)(H,11,12)/t7-/m0/s1. The van der Waals surface area contributed by atoms with Crippen LogP contribution in [0.25, 0.3) is 0 Å². The first-order valence-electron chi connectivity index (χ1n) is 4.63. The maximum Gasteiger partial charge on any atom is 0.407 e. The minimum absolute atomic E-state index is 0.207. The smallest absolute Gasteiger partial charge is 0.407 e. The first kappa shape index (κ1) is 12.7. The van der Waals surface area contributed by atoms with E-state index in [0.717, 1.165) is 0 Å². The molecule has 14 heavy (non-hydrogen) atoms. The van der Waals surface area contributed by atoms with E-state index in [1.54, 1.807) is 6.92 Å². The monoisotopic (exact) mass is 203 g/mol. The highest BCUT2D eigenvalue weighted by molar-refractivity contribution is 5.79. The van der Waals surface area contributed by atoms with Crippen LogP contribution in [-0.2, 0) is 9.53 Å². The second-order valence-electron chi connectivity index (χ2n) is 3.39. The van der Waals surface area contributed by atoms with Gasteiger partial charge in [-0.1, -0.05) is 13.8 Å². The fourth-order valence-corrected chi connectivity index (χ4v) is 1.01. The first-order chi connectivity index (χ1) is 6.47. The summed E-state index contributed by atoms with van der Waals surface area (Å²) in [7, 11) is 0. The van der Waals surface area contributed by atoms with Crippen molar-refractivity contribution in [3.8, 4) is 0 Å². The van der Waals surface area contributed by atoms with E-state index < -0.39 is 18.1 Å². The number of ether oxygens (including phenoxy) is 1. The third-order valence-electron chi connectivity index (χ3n) is 1.57. The Bertz CT molecular complexity index is 203. The number of aliphatic carboxylic acids is 1. The number of carboxylic acid groups (broad SMARTS) is 1. The third-order valence-corrected chi connectivity index (χ3v) is 1.57. The van der Waals surface area contributed by atoms with Gasteiger partial charge in [-0.15, -0.1) is 0 Å². The van der Waals surface area contributed by atoms with Crippen LogP contribution < -0.4 is 5.32 Å². The molecule has 1 amide bonds. The Balaban J connectivity index is 4.09. The van der Waals surface area contributed by atoms with Crippen molar-refractivity contribution in [1.29, 1.82) is 0 Å². The summed E-state index contributed by atoms with van der Waals surface area (Å²) in [5.74, 6) is -0.829. The predicted octanol–water partition coefficient (Wildman–Crippen LogP) is 1.23. The van der Waals surface area contributed by atoms with Gasteiger partial charge in [-0.2, -0.15) is 0 Å². The van der Waals surface area contributed by atoms with E-state index in [1.807, 2.05) is 13.8 Å². The number of rotatable bonds is 5. The van der Waals surface area contributed by atoms with E-state index >= 15 is 0 Å². The molecule has 2 N–H and O–H groups in total. The molecule has 0 unspecified atom stereocenters. The highest BCUT2D eigenvalue weighted by Gasteiger charge is 2.21. The van der Waals surface area contributed by atoms with Crippen molar-refractivity contribution in [1.82, 2.24) is 5.32 Å². The number of amides is 1. The number of carboxylic acids is 1. The van der Waals surface area contributed by atoms with E-state index in [0.29, 0.717) is 6.42 Å². The fraction of sp³-hybridized carbons (Fsp3) is 0.778. The lowest BCUT2D eigenvalue weighted by Crippen LogP contribution is -2.41. The zero-order valence-electron chi connectivity index (χ0n) is 8.74. The molecular weight excluding hydrogens is 186 g/mol. The van der Waals surface area contributed by atoms with E-state index in [-0.39, 0.29) is 12.5 Å². The van der Waals surface area contributed by atoms with Gasteiger partial charge in [0.25, 0.3) is 0 Å². The van der Waals surface area contributed by atoms with E-state index in [4.69, 9.17) is 5.11 Å². The van der Waals surface area contributed by atoms with Gasteiger partial charge in [-0.3, -0.25) is 0 Å². The summed E-state index contributed by atoms with van der Waals surface area (Å²) in [6.45, 7) is 5.68. The molecule has 0 fully saturated rings. The quantitative estimate of drug-likeness (QED) is 0.704. The maximum atomic E-state index is 10.9. The van der Waals surface area contributed by atoms with E-state index in [9.17, 15) is 9.59 Å². The van der Waals surface area contributed by atoms with Crippen molar-refractivity contribution in [3.63, 3.8) is 0 Å². The Morgan fingerprint density at radius 1 is 1.43 bits per heavy atom. The van der Waals surface area contributed by atoms with Crippen LogP contribution in [0.15, 0.2) is 0 Å². The molecular formula is C9H17NO4. The van der Waals surface area contributed by atoms with Crippen LogP contribution in [0.4, 0.5) is 4.79 Å². The lowest BCUT2D eigenvalue weighted by Gasteiger charge is -2.15. The minimum Gasteiger partial charge on any atom is -0.480 e. The summed E-state index contributed by atoms with van der Waals surface area (Å²) < 4.78 is 4.59. The molecule has 82 valence electrons. The van der Waals surface area contributed by atoms with Gasteiger partial charge in [-0.25, -0.2) is 9.59 Å². The number of nitrogens with one attached hydrogen (secondary N) is 1. The predicted molar refractivity (Wildman–Crippen MR) is 51.0 cm³/mol. The van der Waals surface area contributed by atoms with Crippen molar-refractivity contribution in [2.24, 2.45) is 5.92 Å². The lowest BCUT2D eigenvalue weighted by atomic mass is 10.0. The third kappa shape index (κ3) is 5.40. The van der Waals surface area contributed by atoms with Crippen LogP contribution in [0.1, 0.15) is 27.2 Å². The Morgan fingerprint density at radius 2 is 2.00 bits per heavy atom. The van der Waals surface area contributed by atoms with Crippen molar-refractivity contribution in [2.45, 2.75) is 33.2 Å². The summed E-state index contributed by atoms with van der Waals surface area (Å²) in [6, 6.07) is -0.867. The largest absolute Gasteiger partial charge is 0.480 e. The molecule has 0 spiro atoms. The number of alkyl carbamates (subject to hydrolysis) is 1. The molecule has 0 saturated carbocycles. The Hall–Kier alpha value is -1.26. The Morgan fingerprint density at radius 3 is 2.36 bits per heavy atom. The molecule has 0 saturated heterocycles. The lowest BCUT2D eigenvalue weighted by molar-refractivity contribution is -0.139. The molecule has 0 aliphatic heterocycles.